The highest BCUT2D eigenvalue weighted by Crippen LogP contribution is 2.27. The second kappa shape index (κ2) is 6.03. The third-order valence-corrected chi connectivity index (χ3v) is 3.86. The predicted octanol–water partition coefficient (Wildman–Crippen LogP) is 2.30. The van der Waals surface area contributed by atoms with E-state index in [4.69, 9.17) is 0 Å². The first-order chi connectivity index (χ1) is 9.53. The summed E-state index contributed by atoms with van der Waals surface area (Å²) in [6.45, 7) is 1.85. The van der Waals surface area contributed by atoms with Gasteiger partial charge in [-0.2, -0.15) is 0 Å². The van der Waals surface area contributed by atoms with Crippen LogP contribution in [0.3, 0.4) is 0 Å². The number of aliphatic carboxylic acids is 1. The Morgan fingerprint density at radius 1 is 1.20 bits per heavy atom. The van der Waals surface area contributed by atoms with Crippen LogP contribution in [-0.4, -0.2) is 27.5 Å². The van der Waals surface area contributed by atoms with Crippen LogP contribution in [0.4, 0.5) is 0 Å². The molecule has 1 aromatic heterocycles. The average Bonchev–Trinajstić information content (AvgIpc) is 2.65. The maximum atomic E-state index is 12.3. The molecule has 1 saturated carbocycles. The Balaban J connectivity index is 2.19. The molecule has 108 valence electrons. The number of nitrogens with one attached hydrogen (secondary N) is 1. The van der Waals surface area contributed by atoms with Crippen molar-refractivity contribution in [1.82, 2.24) is 10.3 Å². The predicted molar refractivity (Wildman–Crippen MR) is 74.5 cm³/mol. The van der Waals surface area contributed by atoms with Crippen LogP contribution < -0.4 is 5.32 Å². The summed E-state index contributed by atoms with van der Waals surface area (Å²) in [6.07, 6.45) is 7.83. The van der Waals surface area contributed by atoms with Crippen LogP contribution in [0.1, 0.15) is 54.4 Å². The van der Waals surface area contributed by atoms with Gasteiger partial charge < -0.3 is 10.4 Å². The van der Waals surface area contributed by atoms with Gasteiger partial charge in [-0.25, -0.2) is 4.79 Å². The summed E-state index contributed by atoms with van der Waals surface area (Å²) in [6, 6.07) is 1.72. The van der Waals surface area contributed by atoms with Gasteiger partial charge in [-0.05, 0) is 31.4 Å². The number of aryl methyl sites for hydroxylation is 1. The van der Waals surface area contributed by atoms with Crippen molar-refractivity contribution in [3.63, 3.8) is 0 Å². The Morgan fingerprint density at radius 2 is 1.85 bits per heavy atom. The quantitative estimate of drug-likeness (QED) is 0.830. The van der Waals surface area contributed by atoms with Gasteiger partial charge >= 0.3 is 5.97 Å². The van der Waals surface area contributed by atoms with E-state index in [1.165, 1.54) is 6.20 Å². The molecule has 1 heterocycles. The Hall–Kier alpha value is -1.91. The van der Waals surface area contributed by atoms with E-state index in [1.54, 1.807) is 12.3 Å². The highest BCUT2D eigenvalue weighted by atomic mass is 16.4. The van der Waals surface area contributed by atoms with Crippen LogP contribution in [0.5, 0.6) is 0 Å². The van der Waals surface area contributed by atoms with E-state index in [0.29, 0.717) is 18.4 Å². The molecule has 0 aliphatic heterocycles. The first-order valence-electron chi connectivity index (χ1n) is 7.01. The van der Waals surface area contributed by atoms with Crippen molar-refractivity contribution in [1.29, 1.82) is 0 Å². The Labute approximate surface area is 118 Å². The van der Waals surface area contributed by atoms with E-state index in [2.05, 4.69) is 10.3 Å². The molecule has 0 radical (unpaired) electrons. The molecule has 0 bridgehead atoms. The monoisotopic (exact) mass is 276 g/mol. The minimum Gasteiger partial charge on any atom is -0.480 e. The van der Waals surface area contributed by atoms with E-state index in [0.717, 1.165) is 31.2 Å². The standard InChI is InChI=1S/C15H20N2O3/c1-11-8-12(10-16-9-11)13(18)17-15(14(19)20)6-4-2-3-5-7-15/h8-10H,2-7H2,1H3,(H,17,18)(H,19,20). The van der Waals surface area contributed by atoms with E-state index < -0.39 is 11.5 Å². The van der Waals surface area contributed by atoms with Crippen molar-refractivity contribution in [3.05, 3.63) is 29.6 Å². The molecule has 1 amide bonds. The van der Waals surface area contributed by atoms with E-state index >= 15 is 0 Å². The van der Waals surface area contributed by atoms with Gasteiger partial charge in [0.25, 0.3) is 5.91 Å². The van der Waals surface area contributed by atoms with Gasteiger partial charge in [-0.3, -0.25) is 9.78 Å². The fraction of sp³-hybridized carbons (Fsp3) is 0.533. The summed E-state index contributed by atoms with van der Waals surface area (Å²) in [5, 5.41) is 12.3. The normalized spacial score (nSPS) is 18.1. The van der Waals surface area contributed by atoms with Crippen molar-refractivity contribution >= 4 is 11.9 Å². The van der Waals surface area contributed by atoms with Gasteiger partial charge in [-0.15, -0.1) is 0 Å². The summed E-state index contributed by atoms with van der Waals surface area (Å²) < 4.78 is 0. The number of hydrogen-bond acceptors (Lipinski definition) is 3. The molecular weight excluding hydrogens is 256 g/mol. The van der Waals surface area contributed by atoms with Crippen LogP contribution in [0.25, 0.3) is 0 Å². The number of nitrogens with zero attached hydrogens (tertiary/aromatic N) is 1. The summed E-state index contributed by atoms with van der Waals surface area (Å²) in [5.74, 6) is -1.29. The molecule has 1 aromatic rings. The van der Waals surface area contributed by atoms with E-state index in [1.807, 2.05) is 6.92 Å². The molecular formula is C15H20N2O3. The Bertz CT molecular complexity index is 506. The van der Waals surface area contributed by atoms with Gasteiger partial charge in [0.05, 0.1) is 5.56 Å². The highest BCUT2D eigenvalue weighted by Gasteiger charge is 2.40. The third kappa shape index (κ3) is 3.15. The molecule has 2 rings (SSSR count). The summed E-state index contributed by atoms with van der Waals surface area (Å²) in [7, 11) is 0. The summed E-state index contributed by atoms with van der Waals surface area (Å²) in [4.78, 5) is 27.9. The lowest BCUT2D eigenvalue weighted by atomic mass is 9.90. The molecule has 1 fully saturated rings. The smallest absolute Gasteiger partial charge is 0.329 e. The Morgan fingerprint density at radius 3 is 2.40 bits per heavy atom. The third-order valence-electron chi connectivity index (χ3n) is 3.86. The maximum Gasteiger partial charge on any atom is 0.329 e. The van der Waals surface area contributed by atoms with Crippen LogP contribution in [0.2, 0.25) is 0 Å². The van der Waals surface area contributed by atoms with Crippen LogP contribution in [-0.2, 0) is 4.79 Å². The van der Waals surface area contributed by atoms with Crippen molar-refractivity contribution in [3.8, 4) is 0 Å². The van der Waals surface area contributed by atoms with Crippen molar-refractivity contribution in [2.75, 3.05) is 0 Å². The number of amides is 1. The van der Waals surface area contributed by atoms with Gasteiger partial charge in [0.1, 0.15) is 5.54 Å². The zero-order chi connectivity index (χ0) is 14.6. The zero-order valence-electron chi connectivity index (χ0n) is 11.7. The Kier molecular flexibility index (Phi) is 4.37. The minimum absolute atomic E-state index is 0.356. The number of carboxylic acid groups (broad SMARTS) is 1. The molecule has 0 spiro atoms. The largest absolute Gasteiger partial charge is 0.480 e. The maximum absolute atomic E-state index is 12.3. The average molecular weight is 276 g/mol. The molecule has 5 nitrogen and oxygen atoms in total. The first kappa shape index (κ1) is 14.5. The van der Waals surface area contributed by atoms with Gasteiger partial charge in [0, 0.05) is 12.4 Å². The number of pyridine rings is 1. The molecule has 2 N–H and O–H groups in total. The van der Waals surface area contributed by atoms with Gasteiger partial charge in [-0.1, -0.05) is 25.7 Å². The lowest BCUT2D eigenvalue weighted by molar-refractivity contribution is -0.145. The molecule has 1 aliphatic rings. The number of hydrogen-bond donors (Lipinski definition) is 2. The number of carbonyl (C=O) groups excluding carboxylic acids is 1. The zero-order valence-corrected chi connectivity index (χ0v) is 11.7. The molecule has 0 saturated heterocycles. The van der Waals surface area contributed by atoms with Gasteiger partial charge in [0.15, 0.2) is 0 Å². The molecule has 0 aromatic carbocycles. The second-order valence-corrected chi connectivity index (χ2v) is 5.51. The van der Waals surface area contributed by atoms with E-state index in [-0.39, 0.29) is 5.91 Å². The first-order valence-corrected chi connectivity index (χ1v) is 7.01. The number of rotatable bonds is 3. The van der Waals surface area contributed by atoms with E-state index in [9.17, 15) is 14.7 Å². The summed E-state index contributed by atoms with van der Waals surface area (Å²) >= 11 is 0. The fourth-order valence-electron chi connectivity index (χ4n) is 2.69. The second-order valence-electron chi connectivity index (χ2n) is 5.51. The molecule has 5 heteroatoms. The number of carboxylic acids is 1. The van der Waals surface area contributed by atoms with Crippen LogP contribution in [0.15, 0.2) is 18.5 Å². The van der Waals surface area contributed by atoms with Crippen molar-refractivity contribution in [2.24, 2.45) is 0 Å². The number of aromatic nitrogens is 1. The number of carbonyl (C=O) groups is 2. The fourth-order valence-corrected chi connectivity index (χ4v) is 2.69. The van der Waals surface area contributed by atoms with Crippen LogP contribution in [0, 0.1) is 6.92 Å². The molecule has 0 unspecified atom stereocenters. The minimum atomic E-state index is -1.13. The topological polar surface area (TPSA) is 79.3 Å². The highest BCUT2D eigenvalue weighted by molar-refractivity contribution is 5.97. The van der Waals surface area contributed by atoms with Crippen LogP contribution >= 0.6 is 0 Å². The molecule has 1 aliphatic carbocycles. The SMILES string of the molecule is Cc1cncc(C(=O)NC2(C(=O)O)CCCCCC2)c1. The molecule has 0 atom stereocenters. The lowest BCUT2D eigenvalue weighted by Crippen LogP contribution is -2.54. The molecule has 20 heavy (non-hydrogen) atoms. The van der Waals surface area contributed by atoms with Crippen molar-refractivity contribution < 1.29 is 14.7 Å². The van der Waals surface area contributed by atoms with Gasteiger partial charge in [0.2, 0.25) is 0 Å². The van der Waals surface area contributed by atoms with Crippen molar-refractivity contribution in [2.45, 2.75) is 51.0 Å². The lowest BCUT2D eigenvalue weighted by Gasteiger charge is -2.29. The summed E-state index contributed by atoms with van der Waals surface area (Å²) in [5.41, 5.74) is 0.162.